The first kappa shape index (κ1) is 12.1. The van der Waals surface area contributed by atoms with Gasteiger partial charge in [-0.25, -0.2) is 9.89 Å². The minimum atomic E-state index is -1.03. The third kappa shape index (κ3) is 1.72. The molecule has 106 valence electrons. The fourth-order valence-electron chi connectivity index (χ4n) is 5.21. The van der Waals surface area contributed by atoms with Crippen LogP contribution in [0.15, 0.2) is 10.9 Å². The Morgan fingerprint density at radius 2 is 1.75 bits per heavy atom. The average Bonchev–Trinajstić information content (AvgIpc) is 2.38. The van der Waals surface area contributed by atoms with Gasteiger partial charge in [-0.2, -0.15) is 5.10 Å². The maximum atomic E-state index is 11.4. The summed E-state index contributed by atoms with van der Waals surface area (Å²) in [6.07, 6.45) is 6.19. The van der Waals surface area contributed by atoms with E-state index in [-0.39, 0.29) is 11.5 Å². The normalized spacial score (nSPS) is 38.1. The number of aromatic nitrogens is 2. The Hall–Kier alpha value is -1.65. The monoisotopic (exact) mass is 274 g/mol. The van der Waals surface area contributed by atoms with E-state index in [9.17, 15) is 14.7 Å². The number of nitrogens with zero attached hydrogens (tertiary/aromatic N) is 1. The zero-order valence-electron chi connectivity index (χ0n) is 11.2. The van der Waals surface area contributed by atoms with Crippen LogP contribution in [-0.2, 0) is 0 Å². The van der Waals surface area contributed by atoms with Gasteiger partial charge in [0, 0.05) is 12.0 Å². The summed E-state index contributed by atoms with van der Waals surface area (Å²) < 4.78 is 0. The van der Waals surface area contributed by atoms with Crippen LogP contribution in [0, 0.1) is 23.7 Å². The van der Waals surface area contributed by atoms with E-state index in [1.807, 2.05) is 0 Å². The molecule has 0 spiro atoms. The van der Waals surface area contributed by atoms with E-state index in [4.69, 9.17) is 0 Å². The highest BCUT2D eigenvalue weighted by atomic mass is 16.4. The molecule has 0 aliphatic heterocycles. The lowest BCUT2D eigenvalue weighted by Crippen LogP contribution is -2.44. The number of carboxylic acid groups (broad SMARTS) is 1. The third-order valence-electron chi connectivity index (χ3n) is 5.61. The number of aromatic carboxylic acids is 1. The van der Waals surface area contributed by atoms with Gasteiger partial charge in [-0.1, -0.05) is 0 Å². The van der Waals surface area contributed by atoms with E-state index in [2.05, 4.69) is 10.2 Å². The van der Waals surface area contributed by atoms with Gasteiger partial charge in [0.1, 0.15) is 0 Å². The number of rotatable bonds is 2. The van der Waals surface area contributed by atoms with Crippen LogP contribution in [0.4, 0.5) is 0 Å². The largest absolute Gasteiger partial charge is 0.478 e. The van der Waals surface area contributed by atoms with Crippen LogP contribution >= 0.6 is 0 Å². The second-order valence-corrected chi connectivity index (χ2v) is 6.79. The van der Waals surface area contributed by atoms with Gasteiger partial charge in [0.25, 0.3) is 5.56 Å². The van der Waals surface area contributed by atoms with E-state index in [1.165, 1.54) is 38.2 Å². The summed E-state index contributed by atoms with van der Waals surface area (Å²) in [4.78, 5) is 22.8. The molecule has 1 aromatic rings. The Bertz CT molecular complexity index is 594. The van der Waals surface area contributed by atoms with Crippen LogP contribution in [-0.4, -0.2) is 21.3 Å². The predicted octanol–water partition coefficient (Wildman–Crippen LogP) is 2.01. The first-order valence-electron chi connectivity index (χ1n) is 7.44. The fraction of sp³-hybridized carbons (Fsp3) is 0.667. The van der Waals surface area contributed by atoms with Gasteiger partial charge in [-0.15, -0.1) is 0 Å². The predicted molar refractivity (Wildman–Crippen MR) is 71.6 cm³/mol. The highest BCUT2D eigenvalue weighted by molar-refractivity contribution is 5.88. The number of aromatic amines is 1. The molecule has 20 heavy (non-hydrogen) atoms. The summed E-state index contributed by atoms with van der Waals surface area (Å²) in [5.74, 6) is 1.98. The zero-order chi connectivity index (χ0) is 13.9. The number of hydrogen-bond donors (Lipinski definition) is 2. The van der Waals surface area contributed by atoms with Crippen LogP contribution in [0.3, 0.4) is 0 Å². The molecule has 5 nitrogen and oxygen atoms in total. The van der Waals surface area contributed by atoms with Crippen molar-refractivity contribution in [3.05, 3.63) is 27.7 Å². The molecular formula is C15H18N2O3. The topological polar surface area (TPSA) is 83.0 Å². The third-order valence-corrected chi connectivity index (χ3v) is 5.61. The van der Waals surface area contributed by atoms with Gasteiger partial charge in [-0.05, 0) is 55.8 Å². The Kier molecular flexibility index (Phi) is 2.53. The maximum Gasteiger partial charge on any atom is 0.337 e. The Balaban J connectivity index is 1.78. The first-order valence-corrected chi connectivity index (χ1v) is 7.44. The quantitative estimate of drug-likeness (QED) is 0.864. The molecule has 1 aromatic heterocycles. The Morgan fingerprint density at radius 3 is 2.30 bits per heavy atom. The molecule has 4 aliphatic carbocycles. The smallest absolute Gasteiger partial charge is 0.337 e. The average molecular weight is 274 g/mol. The van der Waals surface area contributed by atoms with Crippen molar-refractivity contribution in [2.24, 2.45) is 23.7 Å². The Labute approximate surface area is 116 Å². The van der Waals surface area contributed by atoms with Crippen molar-refractivity contribution in [1.82, 2.24) is 10.2 Å². The molecule has 2 N–H and O–H groups in total. The molecule has 4 saturated carbocycles. The minimum Gasteiger partial charge on any atom is -0.478 e. The van der Waals surface area contributed by atoms with Crippen molar-refractivity contribution in [2.75, 3.05) is 0 Å². The molecule has 0 aromatic carbocycles. The van der Waals surface area contributed by atoms with E-state index in [1.54, 1.807) is 0 Å². The second kappa shape index (κ2) is 4.17. The Morgan fingerprint density at radius 1 is 1.15 bits per heavy atom. The molecule has 0 radical (unpaired) electrons. The van der Waals surface area contributed by atoms with E-state index < -0.39 is 11.5 Å². The van der Waals surface area contributed by atoms with Crippen LogP contribution in [0.1, 0.15) is 54.1 Å². The highest BCUT2D eigenvalue weighted by Crippen LogP contribution is 2.59. The standard InChI is InChI=1S/C15H18N2O3/c18-12-6-11(15(19)20)14(17-16-12)13-9-2-7-1-8(4-9)5-10(13)3-7/h6-10,13H,1-5H2,(H,16,18)(H,19,20). The van der Waals surface area contributed by atoms with E-state index in [0.29, 0.717) is 17.5 Å². The molecule has 5 rings (SSSR count). The lowest BCUT2D eigenvalue weighted by atomic mass is 9.51. The van der Waals surface area contributed by atoms with E-state index >= 15 is 0 Å². The van der Waals surface area contributed by atoms with Gasteiger partial charge < -0.3 is 5.11 Å². The van der Waals surface area contributed by atoms with Crippen LogP contribution in [0.2, 0.25) is 0 Å². The number of nitrogens with one attached hydrogen (secondary N) is 1. The molecule has 4 bridgehead atoms. The minimum absolute atomic E-state index is 0.103. The van der Waals surface area contributed by atoms with Crippen molar-refractivity contribution in [3.63, 3.8) is 0 Å². The SMILES string of the molecule is O=C(O)c1cc(=O)[nH]nc1C1C2CC3CC(C2)CC1C3. The van der Waals surface area contributed by atoms with Crippen molar-refractivity contribution < 1.29 is 9.90 Å². The summed E-state index contributed by atoms with van der Waals surface area (Å²) in [6, 6.07) is 1.19. The molecule has 0 amide bonds. The van der Waals surface area contributed by atoms with Gasteiger partial charge in [0.2, 0.25) is 0 Å². The first-order chi connectivity index (χ1) is 9.61. The van der Waals surface area contributed by atoms with Crippen molar-refractivity contribution in [2.45, 2.75) is 38.0 Å². The number of carboxylic acids is 1. The van der Waals surface area contributed by atoms with Crippen LogP contribution < -0.4 is 5.56 Å². The number of carbonyl (C=O) groups is 1. The molecule has 5 heteroatoms. The summed E-state index contributed by atoms with van der Waals surface area (Å²) in [6.45, 7) is 0. The van der Waals surface area contributed by atoms with Crippen LogP contribution in [0.5, 0.6) is 0 Å². The lowest BCUT2D eigenvalue weighted by Gasteiger charge is -2.54. The van der Waals surface area contributed by atoms with Crippen molar-refractivity contribution in [3.8, 4) is 0 Å². The second-order valence-electron chi connectivity index (χ2n) is 6.79. The van der Waals surface area contributed by atoms with Gasteiger partial charge in [0.15, 0.2) is 0 Å². The molecule has 0 atom stereocenters. The lowest BCUT2D eigenvalue weighted by molar-refractivity contribution is -0.00487. The van der Waals surface area contributed by atoms with Crippen LogP contribution in [0.25, 0.3) is 0 Å². The molecule has 0 unspecified atom stereocenters. The maximum absolute atomic E-state index is 11.4. The molecule has 1 heterocycles. The fourth-order valence-corrected chi connectivity index (χ4v) is 5.21. The number of H-pyrrole nitrogens is 1. The van der Waals surface area contributed by atoms with Gasteiger partial charge in [-0.3, -0.25) is 4.79 Å². The highest BCUT2D eigenvalue weighted by Gasteiger charge is 2.50. The molecule has 4 fully saturated rings. The number of hydrogen-bond acceptors (Lipinski definition) is 3. The zero-order valence-corrected chi connectivity index (χ0v) is 11.2. The summed E-state index contributed by atoms with van der Waals surface area (Å²) in [5, 5.41) is 15.9. The summed E-state index contributed by atoms with van der Waals surface area (Å²) in [5.41, 5.74) is 0.284. The molecular weight excluding hydrogens is 256 g/mol. The molecule has 4 aliphatic rings. The summed E-state index contributed by atoms with van der Waals surface area (Å²) in [7, 11) is 0. The summed E-state index contributed by atoms with van der Waals surface area (Å²) >= 11 is 0. The van der Waals surface area contributed by atoms with Gasteiger partial charge in [0.05, 0.1) is 11.3 Å². The van der Waals surface area contributed by atoms with E-state index in [0.717, 1.165) is 11.8 Å². The molecule has 0 saturated heterocycles. The van der Waals surface area contributed by atoms with Crippen molar-refractivity contribution in [1.29, 1.82) is 0 Å². The van der Waals surface area contributed by atoms with Gasteiger partial charge >= 0.3 is 5.97 Å². The van der Waals surface area contributed by atoms with Crippen molar-refractivity contribution >= 4 is 5.97 Å².